The fourth-order valence-electron chi connectivity index (χ4n) is 3.02. The van der Waals surface area contributed by atoms with Gasteiger partial charge in [0, 0.05) is 11.6 Å². The van der Waals surface area contributed by atoms with Crippen molar-refractivity contribution in [3.05, 3.63) is 64.3 Å². The van der Waals surface area contributed by atoms with Crippen molar-refractivity contribution in [2.24, 2.45) is 0 Å². The second-order valence-electron chi connectivity index (χ2n) is 6.38. The van der Waals surface area contributed by atoms with Crippen LogP contribution in [0.1, 0.15) is 18.1 Å². The number of aromatic nitrogens is 3. The molecule has 0 radical (unpaired) electrons. The molecule has 3 aromatic rings. The molecule has 1 atom stereocenters. The number of H-pyrrole nitrogens is 1. The van der Waals surface area contributed by atoms with Gasteiger partial charge in [0.05, 0.1) is 24.7 Å². The number of hydrogen-bond acceptors (Lipinski definition) is 5. The molecule has 0 saturated carbocycles. The van der Waals surface area contributed by atoms with Crippen LogP contribution in [0, 0.1) is 0 Å². The molecule has 28 heavy (non-hydrogen) atoms. The predicted molar refractivity (Wildman–Crippen MR) is 90.6 cm³/mol. The van der Waals surface area contributed by atoms with Gasteiger partial charge in [0.2, 0.25) is 11.8 Å². The largest absolute Gasteiger partial charge is 0.493 e. The number of aromatic amines is 1. The summed E-state index contributed by atoms with van der Waals surface area (Å²) in [5.74, 6) is -0.00781. The van der Waals surface area contributed by atoms with E-state index in [-0.39, 0.29) is 29.7 Å². The molecule has 0 amide bonds. The molecular weight excluding hydrogens is 379 g/mol. The number of nitrogens with one attached hydrogen (secondary N) is 1. The zero-order valence-corrected chi connectivity index (χ0v) is 14.4. The highest BCUT2D eigenvalue weighted by Crippen LogP contribution is 2.48. The van der Waals surface area contributed by atoms with Crippen LogP contribution in [-0.4, -0.2) is 25.8 Å². The van der Waals surface area contributed by atoms with E-state index in [4.69, 9.17) is 9.47 Å². The minimum absolute atomic E-state index is 0.00193. The van der Waals surface area contributed by atoms with Crippen LogP contribution in [-0.2, 0) is 16.9 Å². The molecule has 7 nitrogen and oxygen atoms in total. The summed E-state index contributed by atoms with van der Waals surface area (Å²) in [4.78, 5) is 18.0. The number of hydrogen-bond donors (Lipinski definition) is 2. The Kier molecular flexibility index (Phi) is 3.96. The maximum Gasteiger partial charge on any atom is 0.421 e. The van der Waals surface area contributed by atoms with Crippen LogP contribution >= 0.6 is 0 Å². The molecule has 0 spiro atoms. The summed E-state index contributed by atoms with van der Waals surface area (Å²) in [6.07, 6.45) is -2.14. The second-order valence-corrected chi connectivity index (χ2v) is 6.38. The first-order valence-electron chi connectivity index (χ1n) is 8.17. The molecule has 1 aliphatic rings. The van der Waals surface area contributed by atoms with Gasteiger partial charge in [-0.25, -0.2) is 14.3 Å². The number of fused-ring (bicyclic) bond motifs is 1. The number of alkyl halides is 3. The molecule has 0 bridgehead atoms. The Balaban J connectivity index is 1.61. The highest BCUT2D eigenvalue weighted by Gasteiger charge is 2.57. The maximum atomic E-state index is 13.4. The topological polar surface area (TPSA) is 89.4 Å². The minimum Gasteiger partial charge on any atom is -0.493 e. The van der Waals surface area contributed by atoms with Crippen LogP contribution in [0.4, 0.5) is 13.2 Å². The molecule has 2 aromatic heterocycles. The van der Waals surface area contributed by atoms with Crippen molar-refractivity contribution in [3.63, 3.8) is 0 Å². The molecule has 2 N–H and O–H groups in total. The summed E-state index contributed by atoms with van der Waals surface area (Å²) < 4.78 is 51.7. The van der Waals surface area contributed by atoms with Gasteiger partial charge in [-0.1, -0.05) is 6.07 Å². The molecular formula is C18H14F3N3O4. The van der Waals surface area contributed by atoms with Gasteiger partial charge in [-0.3, -0.25) is 0 Å². The number of rotatable bonds is 3. The van der Waals surface area contributed by atoms with E-state index in [2.05, 4.69) is 9.97 Å². The molecule has 10 heteroatoms. The lowest BCUT2D eigenvalue weighted by Gasteiger charge is -2.27. The van der Waals surface area contributed by atoms with Crippen LogP contribution < -0.4 is 10.4 Å². The SMILES string of the molecule is CC1(C(F)(F)F)OCc2ccc(Oc3ccc(-n4c(O)c[nH]c4=O)cn3)cc21. The Morgan fingerprint density at radius 1 is 1.32 bits per heavy atom. The fourth-order valence-corrected chi connectivity index (χ4v) is 3.02. The molecule has 146 valence electrons. The van der Waals surface area contributed by atoms with Crippen molar-refractivity contribution < 1.29 is 27.8 Å². The van der Waals surface area contributed by atoms with Crippen LogP contribution in [0.2, 0.25) is 0 Å². The fraction of sp³-hybridized carbons (Fsp3) is 0.222. The van der Waals surface area contributed by atoms with Crippen LogP contribution in [0.5, 0.6) is 17.5 Å². The highest BCUT2D eigenvalue weighted by atomic mass is 19.4. The van der Waals surface area contributed by atoms with Gasteiger partial charge in [-0.15, -0.1) is 0 Å². The van der Waals surface area contributed by atoms with Gasteiger partial charge < -0.3 is 19.6 Å². The third-order valence-corrected chi connectivity index (χ3v) is 4.61. The van der Waals surface area contributed by atoms with Crippen molar-refractivity contribution in [1.29, 1.82) is 0 Å². The average molecular weight is 393 g/mol. The molecule has 1 aliphatic heterocycles. The van der Waals surface area contributed by atoms with Crippen molar-refractivity contribution in [1.82, 2.24) is 14.5 Å². The van der Waals surface area contributed by atoms with E-state index in [0.717, 1.165) is 17.7 Å². The predicted octanol–water partition coefficient (Wildman–Crippen LogP) is 3.37. The summed E-state index contributed by atoms with van der Waals surface area (Å²) in [6.45, 7) is 0.851. The Morgan fingerprint density at radius 2 is 2.11 bits per heavy atom. The van der Waals surface area contributed by atoms with E-state index >= 15 is 0 Å². The molecule has 0 aliphatic carbocycles. The number of nitrogens with zero attached hydrogens (tertiary/aromatic N) is 2. The van der Waals surface area contributed by atoms with E-state index in [9.17, 15) is 23.1 Å². The third kappa shape index (κ3) is 2.82. The molecule has 0 fully saturated rings. The number of aromatic hydroxyl groups is 1. The zero-order chi connectivity index (χ0) is 20.1. The van der Waals surface area contributed by atoms with E-state index < -0.39 is 17.5 Å². The summed E-state index contributed by atoms with van der Waals surface area (Å²) in [5, 5.41) is 9.66. The Labute approximate surface area is 156 Å². The molecule has 1 aromatic carbocycles. The van der Waals surface area contributed by atoms with Gasteiger partial charge in [-0.2, -0.15) is 13.2 Å². The number of pyridine rings is 1. The van der Waals surface area contributed by atoms with Gasteiger partial charge >= 0.3 is 11.9 Å². The van der Waals surface area contributed by atoms with Crippen LogP contribution in [0.3, 0.4) is 0 Å². The lowest BCUT2D eigenvalue weighted by molar-refractivity contribution is -0.272. The van der Waals surface area contributed by atoms with Gasteiger partial charge in [0.25, 0.3) is 0 Å². The van der Waals surface area contributed by atoms with E-state index in [1.807, 2.05) is 0 Å². The van der Waals surface area contributed by atoms with Gasteiger partial charge in [0.15, 0.2) is 5.60 Å². The first-order valence-corrected chi connectivity index (χ1v) is 8.17. The third-order valence-electron chi connectivity index (χ3n) is 4.61. The lowest BCUT2D eigenvalue weighted by Crippen LogP contribution is -2.38. The number of benzene rings is 1. The van der Waals surface area contributed by atoms with E-state index in [1.54, 1.807) is 0 Å². The standard InChI is InChI=1S/C18H14F3N3O4/c1-17(18(19,20)21)13-6-12(4-2-10(13)9-27-17)28-14-5-3-11(7-22-14)24-15(25)8-23-16(24)26/h2-8,25H,9H2,1H3,(H,23,26). The molecule has 3 heterocycles. The summed E-state index contributed by atoms with van der Waals surface area (Å²) in [5.41, 5.74) is -2.21. The Hall–Kier alpha value is -3.27. The smallest absolute Gasteiger partial charge is 0.421 e. The zero-order valence-electron chi connectivity index (χ0n) is 14.4. The number of imidazole rings is 1. The molecule has 1 unspecified atom stereocenters. The summed E-state index contributed by atoms with van der Waals surface area (Å²) >= 11 is 0. The maximum absolute atomic E-state index is 13.4. The van der Waals surface area contributed by atoms with E-state index in [1.165, 1.54) is 36.5 Å². The summed E-state index contributed by atoms with van der Waals surface area (Å²) in [7, 11) is 0. The normalized spacial score (nSPS) is 18.9. The first kappa shape index (κ1) is 18.1. The van der Waals surface area contributed by atoms with Crippen molar-refractivity contribution in [2.75, 3.05) is 0 Å². The Bertz CT molecular complexity index is 1090. The number of halogens is 3. The minimum atomic E-state index is -4.57. The first-order chi connectivity index (χ1) is 13.2. The van der Waals surface area contributed by atoms with Crippen molar-refractivity contribution >= 4 is 0 Å². The summed E-state index contributed by atoms with van der Waals surface area (Å²) in [6, 6.07) is 7.25. The monoisotopic (exact) mass is 393 g/mol. The van der Waals surface area contributed by atoms with Crippen LogP contribution in [0.15, 0.2) is 47.5 Å². The quantitative estimate of drug-likeness (QED) is 0.712. The van der Waals surface area contributed by atoms with Crippen molar-refractivity contribution in [2.45, 2.75) is 25.3 Å². The van der Waals surface area contributed by atoms with E-state index in [0.29, 0.717) is 11.3 Å². The second kappa shape index (κ2) is 6.13. The molecule has 0 saturated heterocycles. The van der Waals surface area contributed by atoms with Gasteiger partial charge in [0.1, 0.15) is 5.75 Å². The lowest BCUT2D eigenvalue weighted by atomic mass is 9.93. The van der Waals surface area contributed by atoms with Crippen LogP contribution in [0.25, 0.3) is 5.69 Å². The highest BCUT2D eigenvalue weighted by molar-refractivity contribution is 5.43. The van der Waals surface area contributed by atoms with Crippen molar-refractivity contribution in [3.8, 4) is 23.2 Å². The van der Waals surface area contributed by atoms with Gasteiger partial charge in [-0.05, 0) is 30.7 Å². The average Bonchev–Trinajstić information content (AvgIpc) is 3.16. The molecule has 4 rings (SSSR count). The number of ether oxygens (including phenoxy) is 2. The Morgan fingerprint density at radius 3 is 2.71 bits per heavy atom.